The maximum Gasteiger partial charge on any atom is 0.165 e. The molecule has 3 N–H and O–H groups in total. The van der Waals surface area contributed by atoms with E-state index in [9.17, 15) is 4.39 Å². The molecule has 0 aliphatic carbocycles. The van der Waals surface area contributed by atoms with Crippen LogP contribution < -0.4 is 10.5 Å². The molecule has 1 unspecified atom stereocenters. The minimum Gasteiger partial charge on any atom is -0.494 e. The van der Waals surface area contributed by atoms with E-state index in [1.165, 1.54) is 25.3 Å². The zero-order valence-corrected chi connectivity index (χ0v) is 8.55. The average molecular weight is 222 g/mol. The van der Waals surface area contributed by atoms with Gasteiger partial charge in [0.05, 0.1) is 19.8 Å². The lowest BCUT2D eigenvalue weighted by Crippen LogP contribution is -2.14. The molecule has 1 aromatic carbocycles. The summed E-state index contributed by atoms with van der Waals surface area (Å²) in [5, 5.41) is 8.76. The van der Waals surface area contributed by atoms with Crippen molar-refractivity contribution in [2.24, 2.45) is 5.73 Å². The summed E-state index contributed by atoms with van der Waals surface area (Å²) in [4.78, 5) is 0. The topological polar surface area (TPSA) is 55.5 Å². The van der Waals surface area contributed by atoms with Crippen LogP contribution in [0, 0.1) is 5.82 Å². The van der Waals surface area contributed by atoms with E-state index in [2.05, 4.69) is 0 Å². The summed E-state index contributed by atoms with van der Waals surface area (Å²) in [6.07, 6.45) is 0. The van der Waals surface area contributed by atoms with Crippen LogP contribution in [0.15, 0.2) is 18.2 Å². The summed E-state index contributed by atoms with van der Waals surface area (Å²) < 4.78 is 17.7. The van der Waals surface area contributed by atoms with Crippen LogP contribution in [0.5, 0.6) is 5.75 Å². The Labute approximate surface area is 88.1 Å². The minimum absolute atomic E-state index is 0. The standard InChI is InChI=1S/C9H12FNO2.ClH/c1-13-9-4-6(8(11)5-12)2-3-7(9)10;/h2-4,8,12H,5,11H2,1H3;1H. The van der Waals surface area contributed by atoms with Gasteiger partial charge in [0.2, 0.25) is 0 Å². The second-order valence-electron chi connectivity index (χ2n) is 2.68. The van der Waals surface area contributed by atoms with Crippen molar-refractivity contribution in [1.82, 2.24) is 0 Å². The fraction of sp³-hybridized carbons (Fsp3) is 0.333. The Balaban J connectivity index is 0.00000169. The first-order chi connectivity index (χ1) is 6.19. The highest BCUT2D eigenvalue weighted by Gasteiger charge is 2.08. The summed E-state index contributed by atoms with van der Waals surface area (Å²) in [6, 6.07) is 3.79. The molecule has 0 saturated heterocycles. The van der Waals surface area contributed by atoms with Gasteiger partial charge in [-0.1, -0.05) is 6.07 Å². The van der Waals surface area contributed by atoms with Crippen LogP contribution in [0.1, 0.15) is 11.6 Å². The van der Waals surface area contributed by atoms with E-state index in [1.807, 2.05) is 0 Å². The molecule has 0 fully saturated rings. The number of aliphatic hydroxyl groups is 1. The van der Waals surface area contributed by atoms with E-state index in [4.69, 9.17) is 15.6 Å². The van der Waals surface area contributed by atoms with Crippen LogP contribution in [0.25, 0.3) is 0 Å². The van der Waals surface area contributed by atoms with Crippen LogP contribution in [0.4, 0.5) is 4.39 Å². The average Bonchev–Trinajstić information content (AvgIpc) is 2.17. The number of ether oxygens (including phenoxy) is 1. The first-order valence-corrected chi connectivity index (χ1v) is 3.89. The van der Waals surface area contributed by atoms with Crippen molar-refractivity contribution in [3.05, 3.63) is 29.6 Å². The fourth-order valence-electron chi connectivity index (χ4n) is 1.01. The third-order valence-corrected chi connectivity index (χ3v) is 1.80. The van der Waals surface area contributed by atoms with Gasteiger partial charge in [0.1, 0.15) is 0 Å². The Morgan fingerprint density at radius 1 is 1.57 bits per heavy atom. The number of hydrogen-bond acceptors (Lipinski definition) is 3. The molecule has 1 aromatic rings. The van der Waals surface area contributed by atoms with Gasteiger partial charge in [-0.2, -0.15) is 0 Å². The van der Waals surface area contributed by atoms with Gasteiger partial charge in [-0.3, -0.25) is 0 Å². The molecule has 0 bridgehead atoms. The Hall–Kier alpha value is -0.840. The molecule has 0 aromatic heterocycles. The van der Waals surface area contributed by atoms with Crippen molar-refractivity contribution in [1.29, 1.82) is 0 Å². The van der Waals surface area contributed by atoms with Crippen molar-refractivity contribution in [3.8, 4) is 5.75 Å². The zero-order chi connectivity index (χ0) is 9.84. The number of aliphatic hydroxyl groups excluding tert-OH is 1. The molecule has 1 rings (SSSR count). The van der Waals surface area contributed by atoms with Crippen LogP contribution >= 0.6 is 12.4 Å². The van der Waals surface area contributed by atoms with Crippen LogP contribution in [0.3, 0.4) is 0 Å². The van der Waals surface area contributed by atoms with Gasteiger partial charge in [-0.05, 0) is 17.7 Å². The van der Waals surface area contributed by atoms with E-state index in [0.717, 1.165) is 0 Å². The third-order valence-electron chi connectivity index (χ3n) is 1.80. The molecule has 5 heteroatoms. The van der Waals surface area contributed by atoms with Crippen molar-refractivity contribution in [2.75, 3.05) is 13.7 Å². The number of halogens is 2. The number of nitrogens with two attached hydrogens (primary N) is 1. The first kappa shape index (κ1) is 13.2. The highest BCUT2D eigenvalue weighted by molar-refractivity contribution is 5.85. The molecular weight excluding hydrogens is 209 g/mol. The molecule has 0 aliphatic rings. The molecule has 0 aliphatic heterocycles. The summed E-state index contributed by atoms with van der Waals surface area (Å²) in [5.41, 5.74) is 6.19. The van der Waals surface area contributed by atoms with Crippen molar-refractivity contribution < 1.29 is 14.2 Å². The number of methoxy groups -OCH3 is 1. The Kier molecular flexibility index (Phi) is 5.45. The first-order valence-electron chi connectivity index (χ1n) is 3.89. The minimum atomic E-state index is -0.491. The number of hydrogen-bond donors (Lipinski definition) is 2. The SMILES string of the molecule is COc1cc(C(N)CO)ccc1F.Cl. The predicted octanol–water partition coefficient (Wildman–Crippen LogP) is 1.25. The maximum atomic E-state index is 12.9. The van der Waals surface area contributed by atoms with Crippen LogP contribution in [0.2, 0.25) is 0 Å². The van der Waals surface area contributed by atoms with Gasteiger partial charge in [0.15, 0.2) is 11.6 Å². The smallest absolute Gasteiger partial charge is 0.165 e. The van der Waals surface area contributed by atoms with Gasteiger partial charge in [0.25, 0.3) is 0 Å². The largest absolute Gasteiger partial charge is 0.494 e. The van der Waals surface area contributed by atoms with E-state index in [-0.39, 0.29) is 24.8 Å². The van der Waals surface area contributed by atoms with Gasteiger partial charge in [0, 0.05) is 0 Å². The van der Waals surface area contributed by atoms with Crippen molar-refractivity contribution in [3.63, 3.8) is 0 Å². The lowest BCUT2D eigenvalue weighted by atomic mass is 10.1. The quantitative estimate of drug-likeness (QED) is 0.808. The van der Waals surface area contributed by atoms with E-state index in [1.54, 1.807) is 0 Å². The summed E-state index contributed by atoms with van der Waals surface area (Å²) in [5.74, 6) is -0.294. The van der Waals surface area contributed by atoms with Gasteiger partial charge in [-0.25, -0.2) is 4.39 Å². The number of rotatable bonds is 3. The second kappa shape index (κ2) is 5.80. The summed E-state index contributed by atoms with van der Waals surface area (Å²) >= 11 is 0. The van der Waals surface area contributed by atoms with Gasteiger partial charge < -0.3 is 15.6 Å². The maximum absolute atomic E-state index is 12.9. The number of benzene rings is 1. The van der Waals surface area contributed by atoms with Gasteiger partial charge in [-0.15, -0.1) is 12.4 Å². The third kappa shape index (κ3) is 2.83. The molecule has 80 valence electrons. The van der Waals surface area contributed by atoms with E-state index < -0.39 is 11.9 Å². The van der Waals surface area contributed by atoms with Gasteiger partial charge >= 0.3 is 0 Å². The summed E-state index contributed by atoms with van der Waals surface area (Å²) in [6.45, 7) is -0.172. The highest BCUT2D eigenvalue weighted by Crippen LogP contribution is 2.21. The second-order valence-corrected chi connectivity index (χ2v) is 2.68. The Morgan fingerprint density at radius 2 is 2.21 bits per heavy atom. The molecule has 0 spiro atoms. The highest BCUT2D eigenvalue weighted by atomic mass is 35.5. The molecule has 0 amide bonds. The van der Waals surface area contributed by atoms with E-state index >= 15 is 0 Å². The summed E-state index contributed by atoms with van der Waals surface area (Å²) in [7, 11) is 1.38. The molecule has 0 saturated carbocycles. The van der Waals surface area contributed by atoms with Crippen LogP contribution in [-0.2, 0) is 0 Å². The molecule has 0 heterocycles. The lowest BCUT2D eigenvalue weighted by molar-refractivity contribution is 0.267. The van der Waals surface area contributed by atoms with E-state index in [0.29, 0.717) is 5.56 Å². The Bertz CT molecular complexity index is 296. The molecule has 3 nitrogen and oxygen atoms in total. The predicted molar refractivity (Wildman–Crippen MR) is 54.2 cm³/mol. The fourth-order valence-corrected chi connectivity index (χ4v) is 1.01. The van der Waals surface area contributed by atoms with Crippen LogP contribution in [-0.4, -0.2) is 18.8 Å². The zero-order valence-electron chi connectivity index (χ0n) is 7.74. The molecular formula is C9H13ClFNO2. The monoisotopic (exact) mass is 221 g/mol. The van der Waals surface area contributed by atoms with Crippen molar-refractivity contribution >= 4 is 12.4 Å². The molecule has 14 heavy (non-hydrogen) atoms. The lowest BCUT2D eigenvalue weighted by Gasteiger charge is -2.10. The van der Waals surface area contributed by atoms with Crippen molar-refractivity contribution in [2.45, 2.75) is 6.04 Å². The normalized spacial score (nSPS) is 11.7. The molecule has 1 atom stereocenters. The Morgan fingerprint density at radius 3 is 2.71 bits per heavy atom. The molecule has 0 radical (unpaired) electrons.